The number of rotatable bonds is 3. The van der Waals surface area contributed by atoms with E-state index >= 15 is 0 Å². The average Bonchev–Trinajstić information content (AvgIpc) is 2.59. The van der Waals surface area contributed by atoms with Gasteiger partial charge < -0.3 is 15.1 Å². The zero-order chi connectivity index (χ0) is 17.1. The molecule has 3 rings (SSSR count). The van der Waals surface area contributed by atoms with Crippen LogP contribution in [0, 0.1) is 0 Å². The molecule has 0 saturated carbocycles. The van der Waals surface area contributed by atoms with Crippen molar-refractivity contribution in [2.24, 2.45) is 0 Å². The lowest BCUT2D eigenvalue weighted by atomic mass is 10.3. The molecule has 0 unspecified atom stereocenters. The Labute approximate surface area is 150 Å². The Morgan fingerprint density at radius 1 is 1.08 bits per heavy atom. The minimum atomic E-state index is -0.0991. The Hall–Kier alpha value is -1.89. The summed E-state index contributed by atoms with van der Waals surface area (Å²) in [4.78, 5) is 24.9. The fourth-order valence-corrected chi connectivity index (χ4v) is 2.91. The van der Waals surface area contributed by atoms with Crippen molar-refractivity contribution >= 4 is 40.6 Å². The number of hydrogen-bond donors (Lipinski definition) is 1. The zero-order valence-electron chi connectivity index (χ0n) is 13.2. The number of likely N-dealkylation sites (N-methyl/N-ethyl adjacent to an activating group) is 1. The number of aromatic nitrogens is 2. The van der Waals surface area contributed by atoms with Crippen LogP contribution in [0.3, 0.4) is 0 Å². The smallest absolute Gasteiger partial charge is 0.274 e. The summed E-state index contributed by atoms with van der Waals surface area (Å²) in [5.41, 5.74) is 0.892. The number of anilines is 2. The molecule has 0 bridgehead atoms. The molecule has 1 N–H and O–H groups in total. The van der Waals surface area contributed by atoms with Crippen LogP contribution in [0.1, 0.15) is 10.5 Å². The Bertz CT molecular complexity index is 709. The van der Waals surface area contributed by atoms with Gasteiger partial charge in [-0.15, -0.1) is 0 Å². The van der Waals surface area contributed by atoms with Crippen LogP contribution in [0.25, 0.3) is 0 Å². The highest BCUT2D eigenvalue weighted by atomic mass is 35.5. The molecule has 1 aromatic carbocycles. The third kappa shape index (κ3) is 3.77. The van der Waals surface area contributed by atoms with Crippen molar-refractivity contribution in [2.45, 2.75) is 0 Å². The van der Waals surface area contributed by atoms with Crippen LogP contribution in [0.2, 0.25) is 10.0 Å². The topological polar surface area (TPSA) is 61.4 Å². The van der Waals surface area contributed by atoms with Gasteiger partial charge in [0.25, 0.3) is 5.91 Å². The molecule has 1 amide bonds. The Kier molecular flexibility index (Phi) is 5.18. The first-order valence-corrected chi connectivity index (χ1v) is 8.31. The summed E-state index contributed by atoms with van der Waals surface area (Å²) in [6.07, 6.45) is 2.97. The third-order valence-electron chi connectivity index (χ3n) is 3.88. The van der Waals surface area contributed by atoms with Gasteiger partial charge in [-0.05, 0) is 19.2 Å². The maximum atomic E-state index is 12.4. The number of hydrogen-bond acceptors (Lipinski definition) is 5. The van der Waals surface area contributed by atoms with Gasteiger partial charge in [-0.2, -0.15) is 0 Å². The number of carbonyl (C=O) groups excluding carboxylic acids is 1. The Morgan fingerprint density at radius 3 is 2.33 bits per heavy atom. The van der Waals surface area contributed by atoms with Crippen LogP contribution in [0.4, 0.5) is 11.5 Å². The fraction of sp³-hybridized carbons (Fsp3) is 0.312. The van der Waals surface area contributed by atoms with Gasteiger partial charge in [-0.1, -0.05) is 29.3 Å². The lowest BCUT2D eigenvalue weighted by Crippen LogP contribution is -2.47. The van der Waals surface area contributed by atoms with Gasteiger partial charge in [0.2, 0.25) is 0 Å². The van der Waals surface area contributed by atoms with Gasteiger partial charge in [-0.25, -0.2) is 9.97 Å². The number of para-hydroxylation sites is 1. The van der Waals surface area contributed by atoms with Crippen LogP contribution >= 0.6 is 23.2 Å². The molecule has 1 aliphatic rings. The van der Waals surface area contributed by atoms with Crippen molar-refractivity contribution in [1.82, 2.24) is 19.8 Å². The van der Waals surface area contributed by atoms with Crippen LogP contribution in [0.15, 0.2) is 30.6 Å². The molecule has 6 nitrogen and oxygen atoms in total. The summed E-state index contributed by atoms with van der Waals surface area (Å²) in [5.74, 6) is 0.373. The predicted octanol–water partition coefficient (Wildman–Crippen LogP) is 2.91. The molecule has 0 atom stereocenters. The Balaban J connectivity index is 1.70. The maximum absolute atomic E-state index is 12.4. The van der Waals surface area contributed by atoms with E-state index in [0.29, 0.717) is 40.3 Å². The fourth-order valence-electron chi connectivity index (χ4n) is 2.42. The minimum Gasteiger partial charge on any atom is -0.337 e. The molecule has 1 aromatic heterocycles. The second-order valence-electron chi connectivity index (χ2n) is 5.60. The van der Waals surface area contributed by atoms with Crippen molar-refractivity contribution in [3.05, 3.63) is 46.3 Å². The van der Waals surface area contributed by atoms with Gasteiger partial charge in [0.1, 0.15) is 11.5 Å². The lowest BCUT2D eigenvalue weighted by Gasteiger charge is -2.32. The van der Waals surface area contributed by atoms with Crippen molar-refractivity contribution in [3.8, 4) is 0 Å². The summed E-state index contributed by atoms with van der Waals surface area (Å²) in [7, 11) is 2.04. The van der Waals surface area contributed by atoms with E-state index in [4.69, 9.17) is 23.2 Å². The molecule has 24 heavy (non-hydrogen) atoms. The molecule has 0 aliphatic carbocycles. The average molecular weight is 366 g/mol. The van der Waals surface area contributed by atoms with Gasteiger partial charge in [0.15, 0.2) is 0 Å². The number of amides is 1. The van der Waals surface area contributed by atoms with E-state index in [1.165, 1.54) is 12.4 Å². The lowest BCUT2D eigenvalue weighted by molar-refractivity contribution is 0.0658. The molecular formula is C16H17Cl2N5O. The van der Waals surface area contributed by atoms with Gasteiger partial charge >= 0.3 is 0 Å². The second-order valence-corrected chi connectivity index (χ2v) is 6.42. The SMILES string of the molecule is CN1CCN(C(=O)c2cnc(Nc3c(Cl)cccc3Cl)cn2)CC1. The van der Waals surface area contributed by atoms with Crippen LogP contribution in [-0.4, -0.2) is 58.9 Å². The highest BCUT2D eigenvalue weighted by Crippen LogP contribution is 2.31. The van der Waals surface area contributed by atoms with E-state index in [-0.39, 0.29) is 5.91 Å². The normalized spacial score (nSPS) is 15.4. The predicted molar refractivity (Wildman–Crippen MR) is 95.2 cm³/mol. The first-order valence-electron chi connectivity index (χ1n) is 7.55. The molecule has 8 heteroatoms. The third-order valence-corrected chi connectivity index (χ3v) is 4.51. The van der Waals surface area contributed by atoms with E-state index in [9.17, 15) is 4.79 Å². The zero-order valence-corrected chi connectivity index (χ0v) is 14.7. The van der Waals surface area contributed by atoms with Crippen molar-refractivity contribution < 1.29 is 4.79 Å². The van der Waals surface area contributed by atoms with E-state index in [1.807, 2.05) is 7.05 Å². The number of nitrogens with one attached hydrogen (secondary N) is 1. The van der Waals surface area contributed by atoms with E-state index < -0.39 is 0 Å². The molecule has 1 aliphatic heterocycles. The molecule has 0 spiro atoms. The minimum absolute atomic E-state index is 0.0991. The number of halogens is 2. The Morgan fingerprint density at radius 2 is 1.75 bits per heavy atom. The summed E-state index contributed by atoms with van der Waals surface area (Å²) in [6.45, 7) is 3.13. The molecule has 126 valence electrons. The van der Waals surface area contributed by atoms with Crippen LogP contribution in [0.5, 0.6) is 0 Å². The number of piperazine rings is 1. The molecule has 2 aromatic rings. The van der Waals surface area contributed by atoms with Crippen LogP contribution < -0.4 is 5.32 Å². The molecule has 2 heterocycles. The molecule has 1 saturated heterocycles. The van der Waals surface area contributed by atoms with Gasteiger partial charge in [0, 0.05) is 26.2 Å². The van der Waals surface area contributed by atoms with Gasteiger partial charge in [-0.3, -0.25) is 4.79 Å². The maximum Gasteiger partial charge on any atom is 0.274 e. The summed E-state index contributed by atoms with van der Waals surface area (Å²) < 4.78 is 0. The summed E-state index contributed by atoms with van der Waals surface area (Å²) >= 11 is 12.2. The monoisotopic (exact) mass is 365 g/mol. The largest absolute Gasteiger partial charge is 0.337 e. The summed E-state index contributed by atoms with van der Waals surface area (Å²) in [6, 6.07) is 5.22. The molecule has 1 fully saturated rings. The second kappa shape index (κ2) is 7.34. The van der Waals surface area contributed by atoms with E-state index in [1.54, 1.807) is 23.1 Å². The van der Waals surface area contributed by atoms with E-state index in [2.05, 4.69) is 20.2 Å². The van der Waals surface area contributed by atoms with Crippen molar-refractivity contribution in [2.75, 3.05) is 38.5 Å². The molecular weight excluding hydrogens is 349 g/mol. The highest BCUT2D eigenvalue weighted by Gasteiger charge is 2.21. The van der Waals surface area contributed by atoms with E-state index in [0.717, 1.165) is 13.1 Å². The standard InChI is InChI=1S/C16H17Cl2N5O/c1-22-5-7-23(8-6-22)16(24)13-9-20-14(10-19-13)21-15-11(17)3-2-4-12(15)18/h2-4,9-10H,5-8H2,1H3,(H,20,21). The quantitative estimate of drug-likeness (QED) is 0.905. The van der Waals surface area contributed by atoms with Crippen LogP contribution in [-0.2, 0) is 0 Å². The first-order chi connectivity index (χ1) is 11.5. The number of nitrogens with zero attached hydrogens (tertiary/aromatic N) is 4. The summed E-state index contributed by atoms with van der Waals surface area (Å²) in [5, 5.41) is 4.00. The van der Waals surface area contributed by atoms with Gasteiger partial charge in [0.05, 0.1) is 28.1 Å². The first kappa shape index (κ1) is 17.0. The molecule has 0 radical (unpaired) electrons. The van der Waals surface area contributed by atoms with Crippen molar-refractivity contribution in [1.29, 1.82) is 0 Å². The number of benzene rings is 1. The highest BCUT2D eigenvalue weighted by molar-refractivity contribution is 6.39. The number of carbonyl (C=O) groups is 1. The van der Waals surface area contributed by atoms with Crippen molar-refractivity contribution in [3.63, 3.8) is 0 Å².